The van der Waals surface area contributed by atoms with Crippen LogP contribution in [0, 0.1) is 5.92 Å². The van der Waals surface area contributed by atoms with E-state index < -0.39 is 12.0 Å². The molecule has 0 radical (unpaired) electrons. The van der Waals surface area contributed by atoms with E-state index in [-0.39, 0.29) is 11.7 Å². The Morgan fingerprint density at radius 3 is 2.63 bits per heavy atom. The van der Waals surface area contributed by atoms with Crippen LogP contribution in [0.2, 0.25) is 0 Å². The molecule has 7 heteroatoms. The SMILES string of the molecule is CC(O)C(=O)NCC1CC(=O)c2c([nH]c(-c3ccncc3)c2Nc2ccccc2)C1. The predicted octanol–water partition coefficient (Wildman–Crippen LogP) is 3.06. The maximum atomic E-state index is 13.1. The molecule has 0 fully saturated rings. The van der Waals surface area contributed by atoms with Gasteiger partial charge in [0, 0.05) is 42.3 Å². The summed E-state index contributed by atoms with van der Waals surface area (Å²) in [5.41, 5.74) is 4.96. The van der Waals surface area contributed by atoms with E-state index in [1.54, 1.807) is 12.4 Å². The van der Waals surface area contributed by atoms with Crippen molar-refractivity contribution in [2.24, 2.45) is 5.92 Å². The van der Waals surface area contributed by atoms with Gasteiger partial charge in [-0.2, -0.15) is 0 Å². The first-order valence-corrected chi connectivity index (χ1v) is 9.99. The van der Waals surface area contributed by atoms with Crippen LogP contribution in [0.15, 0.2) is 54.9 Å². The number of Topliss-reactive ketones (excluding diaryl/α,β-unsaturated/α-hetero) is 1. The van der Waals surface area contributed by atoms with Gasteiger partial charge in [0.2, 0.25) is 5.91 Å². The molecule has 2 heterocycles. The van der Waals surface area contributed by atoms with Crippen molar-refractivity contribution in [2.75, 3.05) is 11.9 Å². The van der Waals surface area contributed by atoms with E-state index in [0.717, 1.165) is 28.3 Å². The lowest BCUT2D eigenvalue weighted by Gasteiger charge is -2.22. The van der Waals surface area contributed by atoms with Gasteiger partial charge in [0.1, 0.15) is 6.10 Å². The number of anilines is 2. The zero-order chi connectivity index (χ0) is 21.1. The van der Waals surface area contributed by atoms with E-state index in [9.17, 15) is 14.7 Å². The third kappa shape index (κ3) is 4.11. The highest BCUT2D eigenvalue weighted by Gasteiger charge is 2.32. The molecular formula is C23H24N4O3. The van der Waals surface area contributed by atoms with Gasteiger partial charge in [-0.05, 0) is 43.5 Å². The van der Waals surface area contributed by atoms with E-state index >= 15 is 0 Å². The van der Waals surface area contributed by atoms with Crippen molar-refractivity contribution < 1.29 is 14.7 Å². The van der Waals surface area contributed by atoms with Crippen LogP contribution in [0.3, 0.4) is 0 Å². The Kier molecular flexibility index (Phi) is 5.63. The van der Waals surface area contributed by atoms with Crippen molar-refractivity contribution in [2.45, 2.75) is 25.9 Å². The molecule has 2 atom stereocenters. The minimum absolute atomic E-state index is 0.0267. The Morgan fingerprint density at radius 2 is 1.93 bits per heavy atom. The number of hydrogen-bond acceptors (Lipinski definition) is 5. The van der Waals surface area contributed by atoms with Gasteiger partial charge >= 0.3 is 0 Å². The highest BCUT2D eigenvalue weighted by molar-refractivity contribution is 6.07. The first-order chi connectivity index (χ1) is 14.5. The van der Waals surface area contributed by atoms with Gasteiger partial charge in [-0.25, -0.2) is 0 Å². The highest BCUT2D eigenvalue weighted by atomic mass is 16.3. The molecule has 1 aliphatic rings. The number of nitrogens with one attached hydrogen (secondary N) is 3. The van der Waals surface area contributed by atoms with Crippen LogP contribution in [0.1, 0.15) is 29.4 Å². The van der Waals surface area contributed by atoms with Gasteiger partial charge in [-0.3, -0.25) is 14.6 Å². The minimum Gasteiger partial charge on any atom is -0.384 e. The summed E-state index contributed by atoms with van der Waals surface area (Å²) < 4.78 is 0. The first kappa shape index (κ1) is 19.8. The van der Waals surface area contributed by atoms with Crippen molar-refractivity contribution in [1.29, 1.82) is 0 Å². The topological polar surface area (TPSA) is 107 Å². The number of aromatic nitrogens is 2. The minimum atomic E-state index is -1.06. The van der Waals surface area contributed by atoms with Gasteiger partial charge in [-0.1, -0.05) is 18.2 Å². The zero-order valence-corrected chi connectivity index (χ0v) is 16.7. The van der Waals surface area contributed by atoms with Crippen LogP contribution in [-0.2, 0) is 11.2 Å². The van der Waals surface area contributed by atoms with Crippen LogP contribution in [0.5, 0.6) is 0 Å². The number of H-pyrrole nitrogens is 1. The molecule has 0 bridgehead atoms. The second-order valence-corrected chi connectivity index (χ2v) is 7.57. The Morgan fingerprint density at radius 1 is 1.20 bits per heavy atom. The Bertz CT molecular complexity index is 1050. The quantitative estimate of drug-likeness (QED) is 0.505. The number of nitrogens with zero attached hydrogens (tertiary/aromatic N) is 1. The molecular weight excluding hydrogens is 380 g/mol. The predicted molar refractivity (Wildman–Crippen MR) is 115 cm³/mol. The zero-order valence-electron chi connectivity index (χ0n) is 16.7. The third-order valence-corrected chi connectivity index (χ3v) is 5.28. The van der Waals surface area contributed by atoms with Crippen molar-refractivity contribution in [3.63, 3.8) is 0 Å². The summed E-state index contributed by atoms with van der Waals surface area (Å²) in [5, 5.41) is 15.5. The van der Waals surface area contributed by atoms with E-state index in [0.29, 0.717) is 24.9 Å². The molecule has 0 spiro atoms. The van der Waals surface area contributed by atoms with Gasteiger partial charge in [0.25, 0.3) is 0 Å². The summed E-state index contributed by atoms with van der Waals surface area (Å²) in [7, 11) is 0. The first-order valence-electron chi connectivity index (χ1n) is 9.99. The number of aliphatic hydroxyl groups excluding tert-OH is 1. The summed E-state index contributed by atoms with van der Waals surface area (Å²) in [6.45, 7) is 1.77. The molecule has 30 heavy (non-hydrogen) atoms. The lowest BCUT2D eigenvalue weighted by Crippen LogP contribution is -2.38. The summed E-state index contributed by atoms with van der Waals surface area (Å²) in [4.78, 5) is 32.3. The number of carbonyl (C=O) groups is 2. The number of aromatic amines is 1. The fraction of sp³-hybridized carbons (Fsp3) is 0.261. The largest absolute Gasteiger partial charge is 0.384 e. The monoisotopic (exact) mass is 404 g/mol. The molecule has 1 aromatic carbocycles. The second-order valence-electron chi connectivity index (χ2n) is 7.57. The maximum absolute atomic E-state index is 13.1. The molecule has 7 nitrogen and oxygen atoms in total. The van der Waals surface area contributed by atoms with Crippen molar-refractivity contribution in [1.82, 2.24) is 15.3 Å². The Balaban J connectivity index is 1.67. The summed E-state index contributed by atoms with van der Waals surface area (Å²) >= 11 is 0. The number of ketones is 1. The Hall–Kier alpha value is -3.45. The van der Waals surface area contributed by atoms with Crippen LogP contribution >= 0.6 is 0 Å². The number of para-hydroxylation sites is 1. The molecule has 1 amide bonds. The van der Waals surface area contributed by atoms with Gasteiger partial charge < -0.3 is 20.7 Å². The highest BCUT2D eigenvalue weighted by Crippen LogP contribution is 2.39. The average Bonchev–Trinajstić information content (AvgIpc) is 3.12. The Labute approximate surface area is 174 Å². The number of benzene rings is 1. The number of rotatable bonds is 6. The maximum Gasteiger partial charge on any atom is 0.248 e. The third-order valence-electron chi connectivity index (χ3n) is 5.28. The molecule has 3 aromatic rings. The summed E-state index contributed by atoms with van der Waals surface area (Å²) in [5.74, 6) is -0.424. The number of pyridine rings is 1. The molecule has 1 aliphatic carbocycles. The smallest absolute Gasteiger partial charge is 0.248 e. The number of hydrogen-bond donors (Lipinski definition) is 4. The fourth-order valence-electron chi connectivity index (χ4n) is 3.80. The average molecular weight is 404 g/mol. The lowest BCUT2D eigenvalue weighted by atomic mass is 9.86. The van der Waals surface area contributed by atoms with E-state index in [4.69, 9.17) is 0 Å². The van der Waals surface area contributed by atoms with Crippen molar-refractivity contribution >= 4 is 23.1 Å². The number of amides is 1. The van der Waals surface area contributed by atoms with E-state index in [1.807, 2.05) is 42.5 Å². The molecule has 0 aliphatic heterocycles. The van der Waals surface area contributed by atoms with E-state index in [2.05, 4.69) is 20.6 Å². The van der Waals surface area contributed by atoms with Gasteiger partial charge in [-0.15, -0.1) is 0 Å². The standard InChI is InChI=1S/C23H24N4O3/c1-14(28)23(30)25-13-15-11-18-20(19(29)12-15)22(26-17-5-3-2-4-6-17)21(27-18)16-7-9-24-10-8-16/h2-10,14-15,26-28H,11-13H2,1H3,(H,25,30). The molecule has 0 saturated carbocycles. The fourth-order valence-corrected chi connectivity index (χ4v) is 3.80. The summed E-state index contributed by atoms with van der Waals surface area (Å²) in [6, 6.07) is 13.5. The molecule has 4 rings (SSSR count). The van der Waals surface area contributed by atoms with E-state index in [1.165, 1.54) is 6.92 Å². The number of fused-ring (bicyclic) bond motifs is 1. The molecule has 0 saturated heterocycles. The van der Waals surface area contributed by atoms with Crippen LogP contribution < -0.4 is 10.6 Å². The van der Waals surface area contributed by atoms with Gasteiger partial charge in [0.15, 0.2) is 5.78 Å². The molecule has 2 aromatic heterocycles. The van der Waals surface area contributed by atoms with Crippen LogP contribution in [0.4, 0.5) is 11.4 Å². The number of carbonyl (C=O) groups excluding carboxylic acids is 2. The van der Waals surface area contributed by atoms with Crippen molar-refractivity contribution in [3.8, 4) is 11.3 Å². The molecule has 2 unspecified atom stereocenters. The molecule has 4 N–H and O–H groups in total. The second kappa shape index (κ2) is 8.51. The normalized spacial score (nSPS) is 16.6. The van der Waals surface area contributed by atoms with Gasteiger partial charge in [0.05, 0.1) is 16.9 Å². The number of aliphatic hydroxyl groups is 1. The summed E-state index contributed by atoms with van der Waals surface area (Å²) in [6.07, 6.45) is 3.35. The lowest BCUT2D eigenvalue weighted by molar-refractivity contribution is -0.128. The van der Waals surface area contributed by atoms with Crippen LogP contribution in [-0.4, -0.2) is 39.4 Å². The molecule has 154 valence electrons. The van der Waals surface area contributed by atoms with Crippen LogP contribution in [0.25, 0.3) is 11.3 Å². The van der Waals surface area contributed by atoms with Crippen molar-refractivity contribution in [3.05, 3.63) is 66.1 Å².